The summed E-state index contributed by atoms with van der Waals surface area (Å²) < 4.78 is 35.9. The van der Waals surface area contributed by atoms with Crippen LogP contribution in [0.25, 0.3) is 11.0 Å². The molecule has 0 radical (unpaired) electrons. The van der Waals surface area contributed by atoms with Crippen LogP contribution < -0.4 is 4.72 Å². The monoisotopic (exact) mass is 363 g/mol. The van der Waals surface area contributed by atoms with Crippen molar-refractivity contribution in [3.05, 3.63) is 47.0 Å². The van der Waals surface area contributed by atoms with Crippen molar-refractivity contribution in [1.82, 2.24) is 8.75 Å². The van der Waals surface area contributed by atoms with Crippen LogP contribution in [0.3, 0.4) is 0 Å². The van der Waals surface area contributed by atoms with E-state index in [1.807, 2.05) is 0 Å². The van der Waals surface area contributed by atoms with Crippen LogP contribution in [-0.2, 0) is 10.0 Å². The third-order valence-corrected chi connectivity index (χ3v) is 5.41. The number of carbonyl (C=O) groups is 1. The number of hydrogen-bond acceptors (Lipinski definition) is 6. The Balaban J connectivity index is 2.14. The zero-order valence-corrected chi connectivity index (χ0v) is 14.4. The van der Waals surface area contributed by atoms with Gasteiger partial charge in [0.05, 0.1) is 23.0 Å². The number of aromatic nitrogens is 2. The Labute approximate surface area is 142 Å². The van der Waals surface area contributed by atoms with Crippen molar-refractivity contribution >= 4 is 44.4 Å². The van der Waals surface area contributed by atoms with Crippen LogP contribution >= 0.6 is 11.7 Å². The Hall–Kier alpha value is -2.52. The first-order chi connectivity index (χ1) is 11.3. The highest BCUT2D eigenvalue weighted by molar-refractivity contribution is 7.93. The molecule has 0 unspecified atom stereocenters. The summed E-state index contributed by atoms with van der Waals surface area (Å²) in [5, 5.41) is 9.37. The minimum atomic E-state index is -4.01. The second-order valence-electron chi connectivity index (χ2n) is 5.30. The number of aromatic carboxylic acids is 1. The quantitative estimate of drug-likeness (QED) is 0.738. The molecule has 0 spiro atoms. The predicted octanol–water partition coefficient (Wildman–Crippen LogP) is 2.81. The van der Waals surface area contributed by atoms with Gasteiger partial charge in [0.15, 0.2) is 0 Å². The number of aryl methyl sites for hydroxylation is 2. The summed E-state index contributed by atoms with van der Waals surface area (Å²) >= 11 is 0.916. The lowest BCUT2D eigenvalue weighted by Crippen LogP contribution is -2.17. The molecular weight excluding hydrogens is 350 g/mol. The van der Waals surface area contributed by atoms with Gasteiger partial charge in [-0.1, -0.05) is 12.1 Å². The standard InChI is InChI=1S/C15H13N3O4S2/c1-8-6-9(2)13(10(7-8)15(19)20)18-24(21,22)12-5-3-4-11-14(12)17-23-16-11/h3-7,18H,1-2H3,(H,19,20). The predicted molar refractivity (Wildman–Crippen MR) is 91.1 cm³/mol. The number of carboxylic acid groups (broad SMARTS) is 1. The fraction of sp³-hybridized carbons (Fsp3) is 0.133. The minimum Gasteiger partial charge on any atom is -0.478 e. The highest BCUT2D eigenvalue weighted by Crippen LogP contribution is 2.28. The first kappa shape index (κ1) is 16.3. The molecule has 24 heavy (non-hydrogen) atoms. The number of fused-ring (bicyclic) bond motifs is 1. The Kier molecular flexibility index (Phi) is 3.98. The van der Waals surface area contributed by atoms with Crippen molar-refractivity contribution in [1.29, 1.82) is 0 Å². The Bertz CT molecular complexity index is 1060. The number of anilines is 1. The second kappa shape index (κ2) is 5.84. The van der Waals surface area contributed by atoms with Gasteiger partial charge in [0.1, 0.15) is 15.9 Å². The van der Waals surface area contributed by atoms with Crippen molar-refractivity contribution in [3.63, 3.8) is 0 Å². The summed E-state index contributed by atoms with van der Waals surface area (Å²) in [6.45, 7) is 3.40. The van der Waals surface area contributed by atoms with Crippen molar-refractivity contribution in [2.45, 2.75) is 18.7 Å². The Morgan fingerprint density at radius 3 is 2.67 bits per heavy atom. The molecule has 2 N–H and O–H groups in total. The van der Waals surface area contributed by atoms with Crippen LogP contribution in [0.2, 0.25) is 0 Å². The highest BCUT2D eigenvalue weighted by Gasteiger charge is 2.23. The van der Waals surface area contributed by atoms with Gasteiger partial charge in [-0.15, -0.1) is 0 Å². The summed E-state index contributed by atoms with van der Waals surface area (Å²) in [6, 6.07) is 7.79. The molecular formula is C15H13N3O4S2. The first-order valence-corrected chi connectivity index (χ1v) is 9.09. The van der Waals surface area contributed by atoms with Crippen molar-refractivity contribution in [3.8, 4) is 0 Å². The van der Waals surface area contributed by atoms with Gasteiger partial charge in [-0.2, -0.15) is 8.75 Å². The zero-order chi connectivity index (χ0) is 17.5. The molecule has 0 aliphatic carbocycles. The molecule has 3 aromatic rings. The molecule has 1 aromatic heterocycles. The fourth-order valence-corrected chi connectivity index (χ4v) is 4.38. The Morgan fingerprint density at radius 1 is 1.21 bits per heavy atom. The van der Waals surface area contributed by atoms with Crippen LogP contribution in [0.4, 0.5) is 5.69 Å². The van der Waals surface area contributed by atoms with E-state index in [9.17, 15) is 18.3 Å². The summed E-state index contributed by atoms with van der Waals surface area (Å²) in [5.74, 6) is -1.20. The molecule has 1 heterocycles. The Morgan fingerprint density at radius 2 is 1.96 bits per heavy atom. The number of carboxylic acids is 1. The summed E-state index contributed by atoms with van der Waals surface area (Å²) in [4.78, 5) is 11.4. The van der Waals surface area contributed by atoms with Gasteiger partial charge in [0.2, 0.25) is 0 Å². The van der Waals surface area contributed by atoms with Crippen molar-refractivity contribution < 1.29 is 18.3 Å². The number of nitrogens with zero attached hydrogens (tertiary/aromatic N) is 2. The number of sulfonamides is 1. The largest absolute Gasteiger partial charge is 0.478 e. The SMILES string of the molecule is Cc1cc(C)c(NS(=O)(=O)c2cccc3nsnc23)c(C(=O)O)c1. The maximum atomic E-state index is 12.8. The smallest absolute Gasteiger partial charge is 0.337 e. The van der Waals surface area contributed by atoms with Crippen LogP contribution in [0.15, 0.2) is 35.2 Å². The molecule has 0 atom stereocenters. The van der Waals surface area contributed by atoms with Gasteiger partial charge in [-0.05, 0) is 43.2 Å². The van der Waals surface area contributed by atoms with Crippen molar-refractivity contribution in [2.24, 2.45) is 0 Å². The number of rotatable bonds is 4. The first-order valence-electron chi connectivity index (χ1n) is 6.88. The average Bonchev–Trinajstić information content (AvgIpc) is 2.97. The van der Waals surface area contributed by atoms with E-state index in [2.05, 4.69) is 13.5 Å². The van der Waals surface area contributed by atoms with E-state index >= 15 is 0 Å². The van der Waals surface area contributed by atoms with Gasteiger partial charge in [-0.3, -0.25) is 4.72 Å². The lowest BCUT2D eigenvalue weighted by molar-refractivity contribution is 0.0698. The summed E-state index contributed by atoms with van der Waals surface area (Å²) in [6.07, 6.45) is 0. The molecule has 3 rings (SSSR count). The minimum absolute atomic E-state index is 0.0370. The van der Waals surface area contributed by atoms with E-state index in [1.165, 1.54) is 12.1 Å². The average molecular weight is 363 g/mol. The molecule has 0 saturated carbocycles. The molecule has 0 aliphatic rings. The summed E-state index contributed by atoms with van der Waals surface area (Å²) in [5.41, 5.74) is 1.95. The van der Waals surface area contributed by atoms with Gasteiger partial charge in [-0.25, -0.2) is 13.2 Å². The molecule has 2 aromatic carbocycles. The summed E-state index contributed by atoms with van der Waals surface area (Å²) in [7, 11) is -4.01. The fourth-order valence-electron chi connectivity index (χ4n) is 2.46. The van der Waals surface area contributed by atoms with Crippen LogP contribution in [0.1, 0.15) is 21.5 Å². The lowest BCUT2D eigenvalue weighted by atomic mass is 10.0. The maximum absolute atomic E-state index is 12.8. The normalized spacial score (nSPS) is 11.6. The third-order valence-electron chi connectivity index (χ3n) is 3.49. The lowest BCUT2D eigenvalue weighted by Gasteiger charge is -2.14. The molecule has 7 nitrogen and oxygen atoms in total. The third kappa shape index (κ3) is 2.83. The van der Waals surface area contributed by atoms with E-state index in [4.69, 9.17) is 0 Å². The molecule has 0 aliphatic heterocycles. The molecule has 124 valence electrons. The van der Waals surface area contributed by atoms with Crippen molar-refractivity contribution in [2.75, 3.05) is 4.72 Å². The number of nitrogens with one attached hydrogen (secondary N) is 1. The molecule has 9 heteroatoms. The van der Waals surface area contributed by atoms with E-state index in [1.54, 1.807) is 32.0 Å². The molecule has 0 fully saturated rings. The van der Waals surface area contributed by atoms with Gasteiger partial charge in [0.25, 0.3) is 10.0 Å². The van der Waals surface area contributed by atoms with E-state index < -0.39 is 16.0 Å². The number of benzene rings is 2. The van der Waals surface area contributed by atoms with Crippen LogP contribution in [-0.4, -0.2) is 28.2 Å². The van der Waals surface area contributed by atoms with Gasteiger partial charge in [0, 0.05) is 0 Å². The highest BCUT2D eigenvalue weighted by atomic mass is 32.2. The van der Waals surface area contributed by atoms with E-state index in [0.717, 1.165) is 17.3 Å². The van der Waals surface area contributed by atoms with Crippen LogP contribution in [0.5, 0.6) is 0 Å². The maximum Gasteiger partial charge on any atom is 0.337 e. The molecule has 0 bridgehead atoms. The molecule has 0 saturated heterocycles. The van der Waals surface area contributed by atoms with Crippen LogP contribution in [0, 0.1) is 13.8 Å². The van der Waals surface area contributed by atoms with E-state index in [-0.39, 0.29) is 21.7 Å². The zero-order valence-electron chi connectivity index (χ0n) is 12.8. The van der Waals surface area contributed by atoms with Gasteiger partial charge < -0.3 is 5.11 Å². The van der Waals surface area contributed by atoms with E-state index in [0.29, 0.717) is 11.1 Å². The van der Waals surface area contributed by atoms with Gasteiger partial charge >= 0.3 is 5.97 Å². The molecule has 0 amide bonds. The number of hydrogen-bond donors (Lipinski definition) is 2. The second-order valence-corrected chi connectivity index (χ2v) is 7.48. The topological polar surface area (TPSA) is 109 Å².